The van der Waals surface area contributed by atoms with E-state index in [1.54, 1.807) is 0 Å². The highest BCUT2D eigenvalue weighted by molar-refractivity contribution is 5.64. The number of anilines is 2. The van der Waals surface area contributed by atoms with E-state index < -0.39 is 0 Å². The molecule has 0 saturated carbocycles. The predicted octanol–water partition coefficient (Wildman–Crippen LogP) is 2.55. The largest absolute Gasteiger partial charge is 0.394 e. The van der Waals surface area contributed by atoms with Crippen molar-refractivity contribution >= 4 is 11.5 Å². The van der Waals surface area contributed by atoms with Gasteiger partial charge in [-0.15, -0.1) is 0 Å². The average molecular weight is 224 g/mol. The fourth-order valence-corrected chi connectivity index (χ4v) is 1.73. The van der Waals surface area contributed by atoms with Crippen molar-refractivity contribution in [3.05, 3.63) is 5.69 Å². The van der Waals surface area contributed by atoms with Crippen molar-refractivity contribution in [3.63, 3.8) is 0 Å². The molecule has 0 aromatic carbocycles. The number of hydrogen-bond acceptors (Lipinski definition) is 3. The Morgan fingerprint density at radius 3 is 2.38 bits per heavy atom. The molecule has 1 heterocycles. The number of nitrogens with zero attached hydrogens (tertiary/aromatic N) is 2. The maximum Gasteiger partial charge on any atom is 0.147 e. The number of nitrogen functional groups attached to an aromatic ring is 1. The molecular formula is C12H24N4. The lowest BCUT2D eigenvalue weighted by Crippen LogP contribution is -2.18. The predicted molar refractivity (Wildman–Crippen MR) is 69.5 cm³/mol. The normalized spacial score (nSPS) is 13.1. The van der Waals surface area contributed by atoms with E-state index in [-0.39, 0.29) is 0 Å². The van der Waals surface area contributed by atoms with Crippen LogP contribution in [0.1, 0.15) is 39.3 Å². The molecule has 4 nitrogen and oxygen atoms in total. The first-order valence-corrected chi connectivity index (χ1v) is 5.97. The van der Waals surface area contributed by atoms with Gasteiger partial charge in [-0.05, 0) is 32.6 Å². The van der Waals surface area contributed by atoms with Crippen molar-refractivity contribution in [2.75, 3.05) is 11.1 Å². The van der Waals surface area contributed by atoms with Gasteiger partial charge in [-0.3, -0.25) is 4.68 Å². The number of hydrogen-bond donors (Lipinski definition) is 2. The van der Waals surface area contributed by atoms with E-state index in [4.69, 9.17) is 5.73 Å². The SMILES string of the molecule is Cc1nn(C)c(NC(C)CCC(C)C)c1N. The van der Waals surface area contributed by atoms with Gasteiger partial charge >= 0.3 is 0 Å². The van der Waals surface area contributed by atoms with Gasteiger partial charge in [-0.2, -0.15) is 5.10 Å². The van der Waals surface area contributed by atoms with Crippen LogP contribution in [-0.2, 0) is 7.05 Å². The molecule has 0 spiro atoms. The Morgan fingerprint density at radius 2 is 1.94 bits per heavy atom. The van der Waals surface area contributed by atoms with Crippen LogP contribution in [0.3, 0.4) is 0 Å². The van der Waals surface area contributed by atoms with Gasteiger partial charge in [-0.25, -0.2) is 0 Å². The van der Waals surface area contributed by atoms with Crippen LogP contribution < -0.4 is 11.1 Å². The van der Waals surface area contributed by atoms with Crippen molar-refractivity contribution in [1.29, 1.82) is 0 Å². The third kappa shape index (κ3) is 3.15. The maximum absolute atomic E-state index is 5.96. The number of aromatic nitrogens is 2. The Hall–Kier alpha value is -1.19. The Labute approximate surface area is 98.2 Å². The summed E-state index contributed by atoms with van der Waals surface area (Å²) in [5.74, 6) is 1.68. The van der Waals surface area contributed by atoms with Crippen molar-refractivity contribution < 1.29 is 0 Å². The Bertz CT molecular complexity index is 341. The van der Waals surface area contributed by atoms with Gasteiger partial charge in [0.15, 0.2) is 0 Å². The number of nitrogens with two attached hydrogens (primary N) is 1. The van der Waals surface area contributed by atoms with E-state index in [1.165, 1.54) is 6.42 Å². The fourth-order valence-electron chi connectivity index (χ4n) is 1.73. The van der Waals surface area contributed by atoms with Gasteiger partial charge in [-0.1, -0.05) is 13.8 Å². The Balaban J connectivity index is 2.59. The van der Waals surface area contributed by atoms with Crippen LogP contribution in [0.5, 0.6) is 0 Å². The first-order chi connectivity index (χ1) is 7.41. The van der Waals surface area contributed by atoms with E-state index in [1.807, 2.05) is 18.7 Å². The summed E-state index contributed by atoms with van der Waals surface area (Å²) in [4.78, 5) is 0. The lowest BCUT2D eigenvalue weighted by Gasteiger charge is -2.16. The third-order valence-electron chi connectivity index (χ3n) is 2.83. The Kier molecular flexibility index (Phi) is 4.21. The smallest absolute Gasteiger partial charge is 0.147 e. The second kappa shape index (κ2) is 5.23. The molecule has 0 aliphatic carbocycles. The van der Waals surface area contributed by atoms with Gasteiger partial charge in [0.1, 0.15) is 5.82 Å². The summed E-state index contributed by atoms with van der Waals surface area (Å²) in [6.45, 7) is 8.61. The van der Waals surface area contributed by atoms with Crippen LogP contribution in [-0.4, -0.2) is 15.8 Å². The molecule has 1 unspecified atom stereocenters. The molecule has 0 radical (unpaired) electrons. The van der Waals surface area contributed by atoms with Crippen molar-refractivity contribution in [2.45, 2.75) is 46.6 Å². The minimum Gasteiger partial charge on any atom is -0.394 e. The van der Waals surface area contributed by atoms with Gasteiger partial charge in [0.25, 0.3) is 0 Å². The first-order valence-electron chi connectivity index (χ1n) is 5.97. The molecule has 0 aliphatic rings. The zero-order chi connectivity index (χ0) is 12.3. The quantitative estimate of drug-likeness (QED) is 0.808. The van der Waals surface area contributed by atoms with Crippen LogP contribution in [0.2, 0.25) is 0 Å². The minimum atomic E-state index is 0.430. The minimum absolute atomic E-state index is 0.430. The second-order valence-electron chi connectivity index (χ2n) is 4.99. The topological polar surface area (TPSA) is 55.9 Å². The molecule has 1 atom stereocenters. The van der Waals surface area contributed by atoms with Crippen molar-refractivity contribution in [3.8, 4) is 0 Å². The van der Waals surface area contributed by atoms with Crippen LogP contribution in [0.25, 0.3) is 0 Å². The molecule has 92 valence electrons. The number of aryl methyl sites for hydroxylation is 2. The standard InChI is InChI=1S/C12H24N4/c1-8(2)6-7-9(3)14-12-11(13)10(4)15-16(12)5/h8-9,14H,6-7,13H2,1-5H3. The molecule has 0 amide bonds. The molecule has 0 fully saturated rings. The third-order valence-corrected chi connectivity index (χ3v) is 2.83. The summed E-state index contributed by atoms with van der Waals surface area (Å²) >= 11 is 0. The van der Waals surface area contributed by atoms with E-state index in [0.29, 0.717) is 6.04 Å². The summed E-state index contributed by atoms with van der Waals surface area (Å²) in [6.07, 6.45) is 2.38. The fraction of sp³-hybridized carbons (Fsp3) is 0.750. The van der Waals surface area contributed by atoms with E-state index in [9.17, 15) is 0 Å². The van der Waals surface area contributed by atoms with Crippen LogP contribution in [0.15, 0.2) is 0 Å². The summed E-state index contributed by atoms with van der Waals surface area (Å²) in [5.41, 5.74) is 7.61. The van der Waals surface area contributed by atoms with Gasteiger partial charge in [0, 0.05) is 13.1 Å². The van der Waals surface area contributed by atoms with Gasteiger partial charge in [0.2, 0.25) is 0 Å². The van der Waals surface area contributed by atoms with Gasteiger partial charge in [0.05, 0.1) is 11.4 Å². The van der Waals surface area contributed by atoms with Crippen LogP contribution >= 0.6 is 0 Å². The van der Waals surface area contributed by atoms with Crippen molar-refractivity contribution in [1.82, 2.24) is 9.78 Å². The van der Waals surface area contributed by atoms with E-state index in [0.717, 1.165) is 29.5 Å². The summed E-state index contributed by atoms with van der Waals surface area (Å²) in [5, 5.41) is 7.72. The molecule has 3 N–H and O–H groups in total. The van der Waals surface area contributed by atoms with E-state index in [2.05, 4.69) is 31.2 Å². The molecule has 1 aromatic heterocycles. The molecule has 1 aromatic rings. The first kappa shape index (κ1) is 12.9. The molecule has 4 heteroatoms. The second-order valence-corrected chi connectivity index (χ2v) is 4.99. The monoisotopic (exact) mass is 224 g/mol. The van der Waals surface area contributed by atoms with Crippen LogP contribution in [0, 0.1) is 12.8 Å². The number of nitrogens with one attached hydrogen (secondary N) is 1. The summed E-state index contributed by atoms with van der Waals surface area (Å²) in [7, 11) is 1.92. The Morgan fingerprint density at radius 1 is 1.31 bits per heavy atom. The molecule has 0 bridgehead atoms. The van der Waals surface area contributed by atoms with Gasteiger partial charge < -0.3 is 11.1 Å². The molecule has 16 heavy (non-hydrogen) atoms. The van der Waals surface area contributed by atoms with Crippen molar-refractivity contribution in [2.24, 2.45) is 13.0 Å². The lowest BCUT2D eigenvalue weighted by atomic mass is 10.0. The highest BCUT2D eigenvalue weighted by atomic mass is 15.3. The molecule has 0 saturated heterocycles. The summed E-state index contributed by atoms with van der Waals surface area (Å²) in [6, 6.07) is 0.430. The zero-order valence-electron chi connectivity index (χ0n) is 11.0. The van der Waals surface area contributed by atoms with Crippen LogP contribution in [0.4, 0.5) is 11.5 Å². The molecule has 0 aliphatic heterocycles. The lowest BCUT2D eigenvalue weighted by molar-refractivity contribution is 0.525. The number of rotatable bonds is 5. The molecular weight excluding hydrogens is 200 g/mol. The maximum atomic E-state index is 5.96. The highest BCUT2D eigenvalue weighted by Gasteiger charge is 2.12. The summed E-state index contributed by atoms with van der Waals surface area (Å²) < 4.78 is 1.82. The highest BCUT2D eigenvalue weighted by Crippen LogP contribution is 2.22. The molecule has 1 rings (SSSR count). The van der Waals surface area contributed by atoms with E-state index >= 15 is 0 Å². The zero-order valence-corrected chi connectivity index (χ0v) is 11.0. The average Bonchev–Trinajstić information content (AvgIpc) is 2.42.